The summed E-state index contributed by atoms with van der Waals surface area (Å²) >= 11 is 0. The van der Waals surface area contributed by atoms with E-state index in [2.05, 4.69) is 28.8 Å². The van der Waals surface area contributed by atoms with Gasteiger partial charge in [0.25, 0.3) is 0 Å². The molecule has 1 saturated heterocycles. The lowest BCUT2D eigenvalue weighted by Gasteiger charge is -2.38. The van der Waals surface area contributed by atoms with Gasteiger partial charge in [0.15, 0.2) is 0 Å². The maximum atomic E-state index is 12.3. The third kappa shape index (κ3) is 2.30. The Kier molecular flexibility index (Phi) is 3.61. The van der Waals surface area contributed by atoms with Crippen molar-refractivity contribution in [3.63, 3.8) is 0 Å². The number of alkyl halides is 1. The molecule has 2 aliphatic carbocycles. The van der Waals surface area contributed by atoms with Gasteiger partial charge in [0.2, 0.25) is 0 Å². The molecule has 0 N–H and O–H groups in total. The molecule has 0 amide bonds. The second-order valence-corrected chi connectivity index (χ2v) is 6.47. The molecule has 4 heteroatoms. The summed E-state index contributed by atoms with van der Waals surface area (Å²) < 4.78 is 12.3. The first-order valence-corrected chi connectivity index (χ1v) is 7.39. The van der Waals surface area contributed by atoms with Gasteiger partial charge in [-0.1, -0.05) is 0 Å². The van der Waals surface area contributed by atoms with Crippen LogP contribution in [0.2, 0.25) is 0 Å². The lowest BCUT2D eigenvalue weighted by atomic mass is 10.1. The Morgan fingerprint density at radius 1 is 1.06 bits per heavy atom. The monoisotopic (exact) mass is 255 g/mol. The molecule has 0 spiro atoms. The van der Waals surface area contributed by atoms with Crippen LogP contribution in [0.1, 0.15) is 12.8 Å². The van der Waals surface area contributed by atoms with Gasteiger partial charge >= 0.3 is 0 Å². The highest BCUT2D eigenvalue weighted by Crippen LogP contribution is 2.55. The molecule has 2 unspecified atom stereocenters. The highest BCUT2D eigenvalue weighted by Gasteiger charge is 2.57. The third-order valence-corrected chi connectivity index (χ3v) is 5.30. The molecule has 1 heterocycles. The number of halogens is 1. The van der Waals surface area contributed by atoms with Gasteiger partial charge in [-0.2, -0.15) is 0 Å². The third-order valence-electron chi connectivity index (χ3n) is 5.30. The van der Waals surface area contributed by atoms with Crippen molar-refractivity contribution in [3.05, 3.63) is 0 Å². The number of nitrogens with zero attached hydrogens (tertiary/aromatic N) is 3. The molecule has 104 valence electrons. The first-order valence-electron chi connectivity index (χ1n) is 7.39. The SMILES string of the molecule is CN(C)C1C2CC(N3CCN(CCF)CC3)CC21. The van der Waals surface area contributed by atoms with Crippen LogP contribution in [0.25, 0.3) is 0 Å². The maximum absolute atomic E-state index is 12.3. The van der Waals surface area contributed by atoms with E-state index in [1.165, 1.54) is 12.8 Å². The summed E-state index contributed by atoms with van der Waals surface area (Å²) in [6, 6.07) is 1.69. The lowest BCUT2D eigenvalue weighted by Crippen LogP contribution is -2.50. The fourth-order valence-corrected chi connectivity index (χ4v) is 4.31. The molecule has 0 bridgehead atoms. The van der Waals surface area contributed by atoms with Gasteiger partial charge in [0.05, 0.1) is 0 Å². The Balaban J connectivity index is 1.43. The van der Waals surface area contributed by atoms with Crippen LogP contribution in [0.5, 0.6) is 0 Å². The van der Waals surface area contributed by atoms with Crippen LogP contribution >= 0.6 is 0 Å². The van der Waals surface area contributed by atoms with Crippen LogP contribution in [0, 0.1) is 11.8 Å². The zero-order valence-electron chi connectivity index (χ0n) is 11.7. The van der Waals surface area contributed by atoms with Crippen molar-refractivity contribution < 1.29 is 4.39 Å². The van der Waals surface area contributed by atoms with Crippen LogP contribution in [0.15, 0.2) is 0 Å². The first kappa shape index (κ1) is 12.8. The van der Waals surface area contributed by atoms with Gasteiger partial charge in [-0.15, -0.1) is 0 Å². The molecular formula is C14H26FN3. The van der Waals surface area contributed by atoms with Crippen molar-refractivity contribution in [2.45, 2.75) is 24.9 Å². The molecule has 0 aromatic carbocycles. The molecule has 2 atom stereocenters. The van der Waals surface area contributed by atoms with Crippen LogP contribution in [0.4, 0.5) is 4.39 Å². The zero-order chi connectivity index (χ0) is 12.7. The minimum atomic E-state index is -0.196. The first-order chi connectivity index (χ1) is 8.70. The van der Waals surface area contributed by atoms with Gasteiger partial charge in [0, 0.05) is 44.8 Å². The Labute approximate surface area is 110 Å². The van der Waals surface area contributed by atoms with Gasteiger partial charge in [-0.05, 0) is 38.8 Å². The van der Waals surface area contributed by atoms with E-state index in [4.69, 9.17) is 0 Å². The van der Waals surface area contributed by atoms with E-state index in [-0.39, 0.29) is 6.67 Å². The van der Waals surface area contributed by atoms with Crippen molar-refractivity contribution in [2.75, 3.05) is 53.5 Å². The molecule has 3 aliphatic rings. The van der Waals surface area contributed by atoms with E-state index >= 15 is 0 Å². The van der Waals surface area contributed by atoms with Gasteiger partial charge in [-0.3, -0.25) is 9.80 Å². The summed E-state index contributed by atoms with van der Waals surface area (Å²) in [6.07, 6.45) is 2.80. The normalized spacial score (nSPS) is 41.3. The molecule has 0 aromatic heterocycles. The smallest absolute Gasteiger partial charge is 0.102 e. The molecule has 18 heavy (non-hydrogen) atoms. The number of hydrogen-bond donors (Lipinski definition) is 0. The van der Waals surface area contributed by atoms with E-state index in [0.717, 1.165) is 50.1 Å². The summed E-state index contributed by atoms with van der Waals surface area (Å²) in [5, 5.41) is 0. The number of hydrogen-bond acceptors (Lipinski definition) is 3. The van der Waals surface area contributed by atoms with E-state index in [1.807, 2.05) is 0 Å². The highest BCUT2D eigenvalue weighted by molar-refractivity contribution is 5.11. The molecule has 2 saturated carbocycles. The Morgan fingerprint density at radius 2 is 1.67 bits per heavy atom. The average molecular weight is 255 g/mol. The highest BCUT2D eigenvalue weighted by atomic mass is 19.1. The van der Waals surface area contributed by atoms with Crippen LogP contribution in [0.3, 0.4) is 0 Å². The molecular weight excluding hydrogens is 229 g/mol. The Morgan fingerprint density at radius 3 is 2.17 bits per heavy atom. The molecule has 0 radical (unpaired) electrons. The van der Waals surface area contributed by atoms with Crippen LogP contribution in [-0.2, 0) is 0 Å². The molecule has 3 rings (SSSR count). The molecule has 3 fully saturated rings. The summed E-state index contributed by atoms with van der Waals surface area (Å²) in [4.78, 5) is 7.33. The van der Waals surface area contributed by atoms with Crippen molar-refractivity contribution in [1.82, 2.24) is 14.7 Å². The van der Waals surface area contributed by atoms with E-state index in [1.54, 1.807) is 0 Å². The average Bonchev–Trinajstić information content (AvgIpc) is 2.87. The van der Waals surface area contributed by atoms with E-state index in [9.17, 15) is 4.39 Å². The van der Waals surface area contributed by atoms with Crippen molar-refractivity contribution in [3.8, 4) is 0 Å². The second-order valence-electron chi connectivity index (χ2n) is 6.47. The minimum absolute atomic E-state index is 0.196. The van der Waals surface area contributed by atoms with Gasteiger partial charge in [-0.25, -0.2) is 4.39 Å². The summed E-state index contributed by atoms with van der Waals surface area (Å²) in [5.74, 6) is 1.93. The minimum Gasteiger partial charge on any atom is -0.306 e. The number of rotatable bonds is 4. The standard InChI is InChI=1S/C14H26FN3/c1-16(2)14-12-9-11(10-13(12)14)18-7-5-17(4-3-15)6-8-18/h11-14H,3-10H2,1-2H3. The van der Waals surface area contributed by atoms with Crippen molar-refractivity contribution in [1.29, 1.82) is 0 Å². The molecule has 3 nitrogen and oxygen atoms in total. The number of piperazine rings is 1. The largest absolute Gasteiger partial charge is 0.306 e. The Bertz CT molecular complexity index is 277. The lowest BCUT2D eigenvalue weighted by molar-refractivity contribution is 0.0856. The maximum Gasteiger partial charge on any atom is 0.102 e. The van der Waals surface area contributed by atoms with E-state index < -0.39 is 0 Å². The molecule has 1 aliphatic heterocycles. The summed E-state index contributed by atoms with van der Waals surface area (Å²) in [6.45, 7) is 4.86. The fourth-order valence-electron chi connectivity index (χ4n) is 4.31. The predicted molar refractivity (Wildman–Crippen MR) is 71.5 cm³/mol. The summed E-state index contributed by atoms with van der Waals surface area (Å²) in [7, 11) is 4.43. The Hall–Kier alpha value is -0.190. The van der Waals surface area contributed by atoms with Crippen LogP contribution in [-0.4, -0.2) is 80.3 Å². The second kappa shape index (κ2) is 5.06. The van der Waals surface area contributed by atoms with Crippen molar-refractivity contribution >= 4 is 0 Å². The van der Waals surface area contributed by atoms with Crippen molar-refractivity contribution in [2.24, 2.45) is 11.8 Å². The molecule has 0 aromatic rings. The zero-order valence-corrected chi connectivity index (χ0v) is 11.7. The number of fused-ring (bicyclic) bond motifs is 1. The quantitative estimate of drug-likeness (QED) is 0.739. The predicted octanol–water partition coefficient (Wildman–Crippen LogP) is 0.912. The van der Waals surface area contributed by atoms with Crippen LogP contribution < -0.4 is 0 Å². The topological polar surface area (TPSA) is 9.72 Å². The fraction of sp³-hybridized carbons (Fsp3) is 1.00. The van der Waals surface area contributed by atoms with Gasteiger partial charge < -0.3 is 4.90 Å². The van der Waals surface area contributed by atoms with Gasteiger partial charge in [0.1, 0.15) is 6.67 Å². The van der Waals surface area contributed by atoms with E-state index in [0.29, 0.717) is 6.54 Å². The summed E-state index contributed by atoms with van der Waals surface area (Å²) in [5.41, 5.74) is 0.